The van der Waals surface area contributed by atoms with Gasteiger partial charge in [0.15, 0.2) is 5.78 Å². The van der Waals surface area contributed by atoms with Crippen molar-refractivity contribution in [2.24, 2.45) is 0 Å². The number of nitrogens with zero attached hydrogens (tertiary/aromatic N) is 1. The molecule has 3 rings (SSSR count). The third-order valence-electron chi connectivity index (χ3n) is 4.94. The van der Waals surface area contributed by atoms with Crippen molar-refractivity contribution < 1.29 is 29.0 Å². The van der Waals surface area contributed by atoms with E-state index in [2.05, 4.69) is 10.5 Å². The number of aryl methyl sites for hydroxylation is 1. The zero-order chi connectivity index (χ0) is 24.0. The molecule has 0 fully saturated rings. The van der Waals surface area contributed by atoms with Crippen LogP contribution in [0.2, 0.25) is 0 Å². The summed E-state index contributed by atoms with van der Waals surface area (Å²) in [6.07, 6.45) is 0.612. The highest BCUT2D eigenvalue weighted by molar-refractivity contribution is 6.28. The molecule has 9 heteroatoms. The number of hydrogen-bond acceptors (Lipinski definition) is 9. The topological polar surface area (TPSA) is 138 Å². The first-order valence-electron chi connectivity index (χ1n) is 10.0. The number of nitrogens with one attached hydrogen (secondary N) is 2. The summed E-state index contributed by atoms with van der Waals surface area (Å²) >= 11 is 0. The Kier molecular flexibility index (Phi) is 7.47. The van der Waals surface area contributed by atoms with Gasteiger partial charge in [-0.05, 0) is 48.9 Å². The largest absolute Gasteiger partial charge is 0.515 e. The standard InChI is InChI=1S/C24H25N3O6/c1-14-8-21(27-33-14)23(26-17-9-15(12-28)10-19(11-17)32-3)24(30)20(13-29)22(25)16-4-6-18(31-2)7-5-16/h4-11,13,23,25-26,28-29H,12H2,1-3H3/b20-13+,25-22?. The van der Waals surface area contributed by atoms with E-state index in [0.29, 0.717) is 40.3 Å². The zero-order valence-corrected chi connectivity index (χ0v) is 18.5. The monoisotopic (exact) mass is 451 g/mol. The molecule has 33 heavy (non-hydrogen) atoms. The van der Waals surface area contributed by atoms with Crippen LogP contribution in [0.5, 0.6) is 11.5 Å². The summed E-state index contributed by atoms with van der Waals surface area (Å²) in [6, 6.07) is 12.1. The van der Waals surface area contributed by atoms with Crippen molar-refractivity contribution in [1.82, 2.24) is 5.16 Å². The van der Waals surface area contributed by atoms with Gasteiger partial charge in [0.25, 0.3) is 0 Å². The zero-order valence-electron chi connectivity index (χ0n) is 18.5. The van der Waals surface area contributed by atoms with Gasteiger partial charge < -0.3 is 29.5 Å². The van der Waals surface area contributed by atoms with Gasteiger partial charge in [-0.15, -0.1) is 0 Å². The highest BCUT2D eigenvalue weighted by Crippen LogP contribution is 2.28. The molecular formula is C24H25N3O6. The molecule has 0 spiro atoms. The number of aliphatic hydroxyl groups excluding tert-OH is 2. The van der Waals surface area contributed by atoms with E-state index in [9.17, 15) is 15.0 Å². The van der Waals surface area contributed by atoms with Crippen LogP contribution in [0.3, 0.4) is 0 Å². The number of methoxy groups -OCH3 is 2. The minimum atomic E-state index is -1.09. The first-order valence-corrected chi connectivity index (χ1v) is 10.0. The van der Waals surface area contributed by atoms with Gasteiger partial charge >= 0.3 is 0 Å². The molecule has 1 aromatic heterocycles. The Labute approximate surface area is 190 Å². The molecule has 0 amide bonds. The first-order chi connectivity index (χ1) is 15.9. The number of anilines is 1. The van der Waals surface area contributed by atoms with Crippen molar-refractivity contribution in [3.63, 3.8) is 0 Å². The van der Waals surface area contributed by atoms with Crippen LogP contribution in [-0.4, -0.2) is 41.1 Å². The van der Waals surface area contributed by atoms with E-state index in [0.717, 1.165) is 0 Å². The average Bonchev–Trinajstić information content (AvgIpc) is 3.28. The fraction of sp³-hybridized carbons (Fsp3) is 0.208. The minimum absolute atomic E-state index is 0.168. The Morgan fingerprint density at radius 3 is 2.39 bits per heavy atom. The Hall–Kier alpha value is -4.11. The number of carbonyl (C=O) groups is 1. The van der Waals surface area contributed by atoms with Gasteiger partial charge in [0.1, 0.15) is 29.0 Å². The maximum absolute atomic E-state index is 13.5. The molecule has 0 aliphatic carbocycles. The predicted octanol–water partition coefficient (Wildman–Crippen LogP) is 3.72. The van der Waals surface area contributed by atoms with Gasteiger partial charge in [-0.1, -0.05) is 5.16 Å². The number of rotatable bonds is 10. The van der Waals surface area contributed by atoms with Crippen molar-refractivity contribution in [2.75, 3.05) is 19.5 Å². The summed E-state index contributed by atoms with van der Waals surface area (Å²) in [5, 5.41) is 35.0. The highest BCUT2D eigenvalue weighted by Gasteiger charge is 2.30. The number of hydrogen-bond donors (Lipinski definition) is 4. The number of benzene rings is 2. The highest BCUT2D eigenvalue weighted by atomic mass is 16.5. The molecule has 2 aromatic carbocycles. The van der Waals surface area contributed by atoms with Crippen LogP contribution in [0, 0.1) is 12.3 Å². The Morgan fingerprint density at radius 1 is 1.15 bits per heavy atom. The third kappa shape index (κ3) is 5.39. The lowest BCUT2D eigenvalue weighted by molar-refractivity contribution is -0.116. The number of aromatic nitrogens is 1. The van der Waals surface area contributed by atoms with E-state index < -0.39 is 11.8 Å². The van der Waals surface area contributed by atoms with Crippen LogP contribution in [0.25, 0.3) is 0 Å². The Balaban J connectivity index is 1.97. The fourth-order valence-corrected chi connectivity index (χ4v) is 3.24. The van der Waals surface area contributed by atoms with Gasteiger partial charge in [0.2, 0.25) is 0 Å². The van der Waals surface area contributed by atoms with E-state index in [1.165, 1.54) is 14.2 Å². The molecule has 0 aliphatic heterocycles. The molecule has 0 radical (unpaired) electrons. The molecule has 172 valence electrons. The second-order valence-electron chi connectivity index (χ2n) is 7.18. The van der Waals surface area contributed by atoms with Gasteiger partial charge in [0.05, 0.1) is 38.4 Å². The molecule has 0 aliphatic rings. The van der Waals surface area contributed by atoms with Crippen molar-refractivity contribution >= 4 is 17.2 Å². The number of ketones is 1. The van der Waals surface area contributed by atoms with Gasteiger partial charge in [0, 0.05) is 23.4 Å². The molecule has 0 bridgehead atoms. The quantitative estimate of drug-likeness (QED) is 0.208. The van der Waals surface area contributed by atoms with Crippen LogP contribution in [0.15, 0.2) is 64.9 Å². The van der Waals surface area contributed by atoms with Crippen LogP contribution >= 0.6 is 0 Å². The number of carbonyl (C=O) groups excluding carboxylic acids is 1. The van der Waals surface area contributed by atoms with Gasteiger partial charge in [-0.2, -0.15) is 0 Å². The lowest BCUT2D eigenvalue weighted by Gasteiger charge is -2.19. The molecule has 0 saturated heterocycles. The lowest BCUT2D eigenvalue weighted by Crippen LogP contribution is -2.26. The average molecular weight is 451 g/mol. The third-order valence-corrected chi connectivity index (χ3v) is 4.94. The maximum atomic E-state index is 13.5. The van der Waals surface area contributed by atoms with E-state index in [1.54, 1.807) is 55.5 Å². The van der Waals surface area contributed by atoms with Crippen molar-refractivity contribution in [1.29, 1.82) is 5.41 Å². The Bertz CT molecular complexity index is 1140. The van der Waals surface area contributed by atoms with Crippen LogP contribution in [-0.2, 0) is 11.4 Å². The summed E-state index contributed by atoms with van der Waals surface area (Å²) < 4.78 is 15.5. The van der Waals surface area contributed by atoms with E-state index in [-0.39, 0.29) is 23.6 Å². The molecule has 1 heterocycles. The number of Topliss-reactive ketones (excluding diaryl/α,β-unsaturated/α-hetero) is 1. The number of aliphatic hydroxyl groups is 2. The SMILES string of the molecule is COc1ccc(C(=N)/C(=C\O)C(=O)C(Nc2cc(CO)cc(OC)c2)c2cc(C)on2)cc1. The van der Waals surface area contributed by atoms with E-state index in [1.807, 2.05) is 0 Å². The summed E-state index contributed by atoms with van der Waals surface area (Å²) in [5.41, 5.74) is 1.35. The van der Waals surface area contributed by atoms with Crippen molar-refractivity contribution in [3.05, 3.63) is 82.9 Å². The first kappa shape index (κ1) is 23.6. The van der Waals surface area contributed by atoms with Gasteiger partial charge in [-0.3, -0.25) is 10.2 Å². The van der Waals surface area contributed by atoms with Crippen molar-refractivity contribution in [3.8, 4) is 11.5 Å². The second kappa shape index (κ2) is 10.5. The van der Waals surface area contributed by atoms with E-state index in [4.69, 9.17) is 19.4 Å². The van der Waals surface area contributed by atoms with Crippen LogP contribution in [0.4, 0.5) is 5.69 Å². The summed E-state index contributed by atoms with van der Waals surface area (Å²) in [6.45, 7) is 1.47. The van der Waals surface area contributed by atoms with Crippen molar-refractivity contribution in [2.45, 2.75) is 19.6 Å². The smallest absolute Gasteiger partial charge is 0.196 e. The Morgan fingerprint density at radius 2 is 1.85 bits per heavy atom. The summed E-state index contributed by atoms with van der Waals surface area (Å²) in [4.78, 5) is 13.5. The molecule has 0 saturated carbocycles. The minimum Gasteiger partial charge on any atom is -0.515 e. The molecule has 9 nitrogen and oxygen atoms in total. The van der Waals surface area contributed by atoms with Gasteiger partial charge in [-0.25, -0.2) is 0 Å². The molecular weight excluding hydrogens is 426 g/mol. The normalized spacial score (nSPS) is 12.2. The molecule has 1 unspecified atom stereocenters. The van der Waals surface area contributed by atoms with Crippen LogP contribution in [0.1, 0.15) is 28.6 Å². The summed E-state index contributed by atoms with van der Waals surface area (Å²) in [5.74, 6) is 0.976. The number of ether oxygens (including phenoxy) is 2. The fourth-order valence-electron chi connectivity index (χ4n) is 3.24. The maximum Gasteiger partial charge on any atom is 0.196 e. The lowest BCUT2D eigenvalue weighted by atomic mass is 9.94. The summed E-state index contributed by atoms with van der Waals surface area (Å²) in [7, 11) is 3.02. The van der Waals surface area contributed by atoms with Crippen LogP contribution < -0.4 is 14.8 Å². The molecule has 4 N–H and O–H groups in total. The molecule has 3 aromatic rings. The second-order valence-corrected chi connectivity index (χ2v) is 7.18. The molecule has 1 atom stereocenters. The predicted molar refractivity (Wildman–Crippen MR) is 122 cm³/mol. The van der Waals surface area contributed by atoms with E-state index >= 15 is 0 Å².